The highest BCUT2D eigenvalue weighted by atomic mass is 32.1. The molecule has 0 fully saturated rings. The van der Waals surface area contributed by atoms with Crippen molar-refractivity contribution in [2.45, 2.75) is 32.9 Å². The number of hydrogen-bond donors (Lipinski definition) is 2. The minimum atomic E-state index is -0.402. The van der Waals surface area contributed by atoms with Gasteiger partial charge in [0.25, 0.3) is 0 Å². The van der Waals surface area contributed by atoms with Crippen molar-refractivity contribution < 1.29 is 9.59 Å². The molecule has 1 amide bonds. The predicted octanol–water partition coefficient (Wildman–Crippen LogP) is 4.97. The Morgan fingerprint density at radius 1 is 0.964 bits per heavy atom. The second kappa shape index (κ2) is 8.95. The number of carbonyl (C=O) groups is 2. The highest BCUT2D eigenvalue weighted by Crippen LogP contribution is 2.27. The normalized spacial score (nSPS) is 13.0. The van der Waals surface area contributed by atoms with Crippen LogP contribution in [0.5, 0.6) is 0 Å². The molecule has 0 aliphatic heterocycles. The van der Waals surface area contributed by atoms with Gasteiger partial charge in [0, 0.05) is 16.1 Å². The number of carbonyl (C=O) groups excluding carboxylic acids is 2. The van der Waals surface area contributed by atoms with Crippen LogP contribution < -0.4 is 10.6 Å². The van der Waals surface area contributed by atoms with E-state index in [1.807, 2.05) is 18.4 Å². The summed E-state index contributed by atoms with van der Waals surface area (Å²) in [5, 5.41) is 8.40. The van der Waals surface area contributed by atoms with Crippen molar-refractivity contribution in [2.75, 3.05) is 5.32 Å². The van der Waals surface area contributed by atoms with Crippen LogP contribution in [-0.2, 0) is 4.79 Å². The summed E-state index contributed by atoms with van der Waals surface area (Å²) in [6, 6.07) is 18.9. The van der Waals surface area contributed by atoms with Crippen molar-refractivity contribution in [3.05, 3.63) is 87.6 Å². The van der Waals surface area contributed by atoms with E-state index in [1.165, 1.54) is 12.5 Å². The van der Waals surface area contributed by atoms with E-state index < -0.39 is 6.04 Å². The maximum absolute atomic E-state index is 12.7. The standard InChI is InChI=1S/C23H24N2O2S/c1-15-6-8-19(9-7-15)22(21-5-4-14-28-21)24-16(2)23(27)25-20-12-10-18(11-13-20)17(3)26/h4-14,16,22,24H,1-3H3,(H,25,27)/t16-,22+/m1/s1. The maximum atomic E-state index is 12.7. The molecule has 144 valence electrons. The van der Waals surface area contributed by atoms with Gasteiger partial charge in [-0.1, -0.05) is 35.9 Å². The van der Waals surface area contributed by atoms with Crippen LogP contribution in [0.1, 0.15) is 46.3 Å². The fraction of sp³-hybridized carbons (Fsp3) is 0.217. The van der Waals surface area contributed by atoms with Crippen molar-refractivity contribution in [2.24, 2.45) is 0 Å². The largest absolute Gasteiger partial charge is 0.325 e. The molecule has 4 nitrogen and oxygen atoms in total. The molecule has 0 radical (unpaired) electrons. The fourth-order valence-corrected chi connectivity index (χ4v) is 3.73. The van der Waals surface area contributed by atoms with Crippen LogP contribution in [0, 0.1) is 6.92 Å². The van der Waals surface area contributed by atoms with E-state index in [2.05, 4.69) is 47.9 Å². The van der Waals surface area contributed by atoms with Gasteiger partial charge in [0.2, 0.25) is 5.91 Å². The molecule has 2 N–H and O–H groups in total. The molecule has 0 aliphatic carbocycles. The number of hydrogen-bond acceptors (Lipinski definition) is 4. The molecular formula is C23H24N2O2S. The Labute approximate surface area is 169 Å². The molecule has 0 spiro atoms. The van der Waals surface area contributed by atoms with E-state index in [1.54, 1.807) is 35.6 Å². The van der Waals surface area contributed by atoms with Crippen molar-refractivity contribution in [1.82, 2.24) is 5.32 Å². The summed E-state index contributed by atoms with van der Waals surface area (Å²) in [5.41, 5.74) is 3.62. The number of ketones is 1. The fourth-order valence-electron chi connectivity index (χ4n) is 2.92. The lowest BCUT2D eigenvalue weighted by molar-refractivity contribution is -0.117. The number of amides is 1. The number of aryl methyl sites for hydroxylation is 1. The molecule has 0 saturated carbocycles. The second-order valence-corrected chi connectivity index (χ2v) is 7.85. The Bertz CT molecular complexity index is 932. The number of thiophene rings is 1. The Kier molecular flexibility index (Phi) is 6.39. The monoisotopic (exact) mass is 392 g/mol. The first kappa shape index (κ1) is 20.0. The zero-order chi connectivity index (χ0) is 20.1. The third-order valence-corrected chi connectivity index (χ3v) is 5.54. The molecule has 0 saturated heterocycles. The summed E-state index contributed by atoms with van der Waals surface area (Å²) in [4.78, 5) is 25.2. The first-order valence-electron chi connectivity index (χ1n) is 9.22. The maximum Gasteiger partial charge on any atom is 0.241 e. The van der Waals surface area contributed by atoms with Gasteiger partial charge < -0.3 is 5.32 Å². The molecule has 1 aromatic heterocycles. The molecule has 0 unspecified atom stereocenters. The molecule has 3 aromatic rings. The topological polar surface area (TPSA) is 58.2 Å². The summed E-state index contributed by atoms with van der Waals surface area (Å²) in [6.07, 6.45) is 0. The van der Waals surface area contributed by atoms with E-state index in [-0.39, 0.29) is 17.7 Å². The second-order valence-electron chi connectivity index (χ2n) is 6.87. The quantitative estimate of drug-likeness (QED) is 0.559. The number of anilines is 1. The Balaban J connectivity index is 1.72. The van der Waals surface area contributed by atoms with Crippen molar-refractivity contribution in [3.8, 4) is 0 Å². The highest BCUT2D eigenvalue weighted by molar-refractivity contribution is 7.10. The summed E-state index contributed by atoms with van der Waals surface area (Å²) in [7, 11) is 0. The lowest BCUT2D eigenvalue weighted by Crippen LogP contribution is -2.40. The van der Waals surface area contributed by atoms with Gasteiger partial charge in [0.15, 0.2) is 5.78 Å². The van der Waals surface area contributed by atoms with Crippen LogP contribution in [0.15, 0.2) is 66.0 Å². The van der Waals surface area contributed by atoms with E-state index in [0.717, 1.165) is 10.4 Å². The average Bonchev–Trinajstić information content (AvgIpc) is 3.21. The molecule has 3 rings (SSSR count). The Hall–Kier alpha value is -2.76. The number of Topliss-reactive ketones (excluding diaryl/α,β-unsaturated/α-hetero) is 1. The molecule has 0 aliphatic rings. The van der Waals surface area contributed by atoms with E-state index in [0.29, 0.717) is 11.3 Å². The van der Waals surface area contributed by atoms with Crippen LogP contribution in [0.25, 0.3) is 0 Å². The average molecular weight is 393 g/mol. The van der Waals surface area contributed by atoms with Gasteiger partial charge in [0.05, 0.1) is 12.1 Å². The minimum absolute atomic E-state index is 0.00444. The first-order valence-corrected chi connectivity index (χ1v) is 10.1. The van der Waals surface area contributed by atoms with Gasteiger partial charge in [-0.3, -0.25) is 14.9 Å². The third kappa shape index (κ3) is 4.94. The van der Waals surface area contributed by atoms with Gasteiger partial charge in [0.1, 0.15) is 0 Å². The van der Waals surface area contributed by atoms with Crippen LogP contribution in [0.4, 0.5) is 5.69 Å². The molecule has 5 heteroatoms. The van der Waals surface area contributed by atoms with Gasteiger partial charge in [-0.05, 0) is 62.0 Å². The van der Waals surface area contributed by atoms with Gasteiger partial charge >= 0.3 is 0 Å². The van der Waals surface area contributed by atoms with Crippen LogP contribution in [0.3, 0.4) is 0 Å². The number of nitrogens with one attached hydrogen (secondary N) is 2. The van der Waals surface area contributed by atoms with E-state index in [9.17, 15) is 9.59 Å². The lowest BCUT2D eigenvalue weighted by atomic mass is 10.0. The van der Waals surface area contributed by atoms with Crippen molar-refractivity contribution >= 4 is 28.7 Å². The summed E-state index contributed by atoms with van der Waals surface area (Å²) >= 11 is 1.67. The predicted molar refractivity (Wildman–Crippen MR) is 115 cm³/mol. The van der Waals surface area contributed by atoms with Gasteiger partial charge in [-0.2, -0.15) is 0 Å². The molecule has 28 heavy (non-hydrogen) atoms. The SMILES string of the molecule is CC(=O)c1ccc(NC(=O)[C@@H](C)N[C@@H](c2ccc(C)cc2)c2cccs2)cc1. The zero-order valence-corrected chi connectivity index (χ0v) is 17.0. The van der Waals surface area contributed by atoms with Crippen LogP contribution in [-0.4, -0.2) is 17.7 Å². The summed E-state index contributed by atoms with van der Waals surface area (Å²) in [5.74, 6) is -0.117. The Morgan fingerprint density at radius 3 is 2.21 bits per heavy atom. The van der Waals surface area contributed by atoms with Crippen LogP contribution in [0.2, 0.25) is 0 Å². The number of benzene rings is 2. The lowest BCUT2D eigenvalue weighted by Gasteiger charge is -2.23. The molecule has 2 atom stereocenters. The zero-order valence-electron chi connectivity index (χ0n) is 16.2. The first-order chi connectivity index (χ1) is 13.4. The van der Waals surface area contributed by atoms with Gasteiger partial charge in [-0.15, -0.1) is 11.3 Å². The molecule has 1 heterocycles. The number of rotatable bonds is 7. The van der Waals surface area contributed by atoms with E-state index in [4.69, 9.17) is 0 Å². The third-order valence-electron chi connectivity index (χ3n) is 4.61. The van der Waals surface area contributed by atoms with Crippen molar-refractivity contribution in [3.63, 3.8) is 0 Å². The van der Waals surface area contributed by atoms with E-state index >= 15 is 0 Å². The molecule has 0 bridgehead atoms. The summed E-state index contributed by atoms with van der Waals surface area (Å²) in [6.45, 7) is 5.44. The minimum Gasteiger partial charge on any atom is -0.325 e. The highest BCUT2D eigenvalue weighted by Gasteiger charge is 2.21. The van der Waals surface area contributed by atoms with Crippen LogP contribution >= 0.6 is 11.3 Å². The van der Waals surface area contributed by atoms with Gasteiger partial charge in [-0.25, -0.2) is 0 Å². The van der Waals surface area contributed by atoms with Crippen molar-refractivity contribution in [1.29, 1.82) is 0 Å². The molecule has 2 aromatic carbocycles. The molecular weight excluding hydrogens is 368 g/mol. The Morgan fingerprint density at radius 2 is 1.64 bits per heavy atom. The summed E-state index contributed by atoms with van der Waals surface area (Å²) < 4.78 is 0. The smallest absolute Gasteiger partial charge is 0.241 e.